The van der Waals surface area contributed by atoms with Gasteiger partial charge in [0.15, 0.2) is 5.60 Å². The molecule has 5 heteroatoms. The predicted molar refractivity (Wildman–Crippen MR) is 85.2 cm³/mol. The summed E-state index contributed by atoms with van der Waals surface area (Å²) in [5, 5.41) is 18.5. The van der Waals surface area contributed by atoms with Gasteiger partial charge in [-0.3, -0.25) is 4.79 Å². The maximum Gasteiger partial charge on any atom is 0.271 e. The van der Waals surface area contributed by atoms with Gasteiger partial charge in [0.1, 0.15) is 11.5 Å². The Morgan fingerprint density at radius 2 is 1.91 bits per heavy atom. The highest BCUT2D eigenvalue weighted by Gasteiger charge is 2.40. The number of phenols is 1. The highest BCUT2D eigenvalue weighted by Crippen LogP contribution is 2.40. The number of rotatable bonds is 2. The van der Waals surface area contributed by atoms with Gasteiger partial charge in [-0.1, -0.05) is 12.1 Å². The Hall–Kier alpha value is -3.00. The third-order valence-corrected chi connectivity index (χ3v) is 3.78. The maximum absolute atomic E-state index is 12.7. The van der Waals surface area contributed by atoms with Gasteiger partial charge in [0.2, 0.25) is 0 Å². The number of nitrogens with zero attached hydrogens (tertiary/aromatic N) is 2. The Morgan fingerprint density at radius 1 is 1.22 bits per heavy atom. The van der Waals surface area contributed by atoms with Crippen LogP contribution in [0.2, 0.25) is 0 Å². The Bertz CT molecular complexity index is 804. The van der Waals surface area contributed by atoms with Crippen molar-refractivity contribution in [3.8, 4) is 17.6 Å². The van der Waals surface area contributed by atoms with Crippen LogP contribution < -0.4 is 9.64 Å². The Labute approximate surface area is 134 Å². The van der Waals surface area contributed by atoms with E-state index in [0.29, 0.717) is 23.5 Å². The van der Waals surface area contributed by atoms with Gasteiger partial charge in [-0.15, -0.1) is 0 Å². The molecule has 0 spiro atoms. The summed E-state index contributed by atoms with van der Waals surface area (Å²) in [6.07, 6.45) is 0. The molecular weight excluding hydrogens is 292 g/mol. The van der Waals surface area contributed by atoms with Crippen molar-refractivity contribution >= 4 is 11.6 Å². The minimum absolute atomic E-state index is 0.0900. The molecule has 5 nitrogen and oxygen atoms in total. The van der Waals surface area contributed by atoms with Crippen LogP contribution in [0.4, 0.5) is 5.69 Å². The number of nitriles is 1. The molecule has 1 N–H and O–H groups in total. The fourth-order valence-electron chi connectivity index (χ4n) is 2.58. The molecule has 2 aromatic carbocycles. The van der Waals surface area contributed by atoms with E-state index in [1.165, 1.54) is 12.1 Å². The zero-order valence-electron chi connectivity index (χ0n) is 12.9. The standard InChI is InChI=1S/C18H16N2O3/c1-18(2)17(22)20(11-13-5-3-12(10-19)4-6-13)15-8-7-14(21)9-16(15)23-18/h3-9,21H,11H2,1-2H3. The summed E-state index contributed by atoms with van der Waals surface area (Å²) >= 11 is 0. The second-order valence-electron chi connectivity index (χ2n) is 5.96. The Morgan fingerprint density at radius 3 is 2.57 bits per heavy atom. The van der Waals surface area contributed by atoms with Crippen molar-refractivity contribution in [3.05, 3.63) is 53.6 Å². The van der Waals surface area contributed by atoms with E-state index in [4.69, 9.17) is 10.00 Å². The SMILES string of the molecule is CC1(C)Oc2cc(O)ccc2N(Cc2ccc(C#N)cc2)C1=O. The van der Waals surface area contributed by atoms with Gasteiger partial charge in [-0.05, 0) is 43.7 Å². The van der Waals surface area contributed by atoms with E-state index in [2.05, 4.69) is 6.07 Å². The van der Waals surface area contributed by atoms with E-state index in [1.807, 2.05) is 12.1 Å². The Kier molecular flexibility index (Phi) is 3.45. The van der Waals surface area contributed by atoms with Crippen molar-refractivity contribution in [2.24, 2.45) is 0 Å². The number of hydrogen-bond acceptors (Lipinski definition) is 4. The van der Waals surface area contributed by atoms with Gasteiger partial charge < -0.3 is 14.7 Å². The van der Waals surface area contributed by atoms with Crippen LogP contribution in [-0.2, 0) is 11.3 Å². The smallest absolute Gasteiger partial charge is 0.271 e. The van der Waals surface area contributed by atoms with Crippen LogP contribution >= 0.6 is 0 Å². The minimum atomic E-state index is -1.01. The molecule has 0 aromatic heterocycles. The minimum Gasteiger partial charge on any atom is -0.508 e. The van der Waals surface area contributed by atoms with Crippen molar-refractivity contribution < 1.29 is 14.6 Å². The number of phenolic OH excluding ortho intramolecular Hbond substituents is 1. The molecule has 0 atom stereocenters. The average Bonchev–Trinajstić information content (AvgIpc) is 2.52. The molecule has 0 saturated carbocycles. The van der Waals surface area contributed by atoms with Crippen LogP contribution in [0.25, 0.3) is 0 Å². The van der Waals surface area contributed by atoms with Gasteiger partial charge in [-0.25, -0.2) is 0 Å². The van der Waals surface area contributed by atoms with Crippen molar-refractivity contribution in [2.75, 3.05) is 4.90 Å². The van der Waals surface area contributed by atoms with Crippen LogP contribution in [0.15, 0.2) is 42.5 Å². The van der Waals surface area contributed by atoms with E-state index in [0.717, 1.165) is 5.56 Å². The molecular formula is C18H16N2O3. The summed E-state index contributed by atoms with van der Waals surface area (Å²) in [6, 6.07) is 13.9. The topological polar surface area (TPSA) is 73.6 Å². The highest BCUT2D eigenvalue weighted by atomic mass is 16.5. The summed E-state index contributed by atoms with van der Waals surface area (Å²) in [4.78, 5) is 14.3. The first-order valence-corrected chi connectivity index (χ1v) is 7.24. The van der Waals surface area contributed by atoms with Crippen molar-refractivity contribution in [3.63, 3.8) is 0 Å². The molecule has 0 aliphatic carbocycles. The molecule has 1 aliphatic heterocycles. The first-order valence-electron chi connectivity index (χ1n) is 7.24. The van der Waals surface area contributed by atoms with Crippen molar-refractivity contribution in [2.45, 2.75) is 26.0 Å². The zero-order chi connectivity index (χ0) is 16.6. The number of benzene rings is 2. The number of fused-ring (bicyclic) bond motifs is 1. The molecule has 1 heterocycles. The van der Waals surface area contributed by atoms with Gasteiger partial charge in [0.25, 0.3) is 5.91 Å². The Balaban J connectivity index is 1.99. The molecule has 1 amide bonds. The summed E-state index contributed by atoms with van der Waals surface area (Å²) in [5.41, 5.74) is 1.10. The molecule has 1 aliphatic rings. The molecule has 0 fully saturated rings. The van der Waals surface area contributed by atoms with Gasteiger partial charge in [0.05, 0.1) is 23.9 Å². The maximum atomic E-state index is 12.7. The number of aromatic hydroxyl groups is 1. The summed E-state index contributed by atoms with van der Waals surface area (Å²) in [5.74, 6) is 0.413. The lowest BCUT2D eigenvalue weighted by atomic mass is 10.0. The number of carbonyl (C=O) groups is 1. The second-order valence-corrected chi connectivity index (χ2v) is 5.96. The first kappa shape index (κ1) is 14.9. The molecule has 116 valence electrons. The lowest BCUT2D eigenvalue weighted by Gasteiger charge is -2.38. The van der Waals surface area contributed by atoms with E-state index in [9.17, 15) is 9.90 Å². The summed E-state index contributed by atoms with van der Waals surface area (Å²) < 4.78 is 5.72. The molecule has 0 radical (unpaired) electrons. The monoisotopic (exact) mass is 308 g/mol. The molecule has 0 unspecified atom stereocenters. The normalized spacial score (nSPS) is 15.5. The lowest BCUT2D eigenvalue weighted by Crippen LogP contribution is -2.52. The predicted octanol–water partition coefficient (Wildman–Crippen LogP) is 2.97. The summed E-state index contributed by atoms with van der Waals surface area (Å²) in [7, 11) is 0. The quantitative estimate of drug-likeness (QED) is 0.925. The van der Waals surface area contributed by atoms with Crippen LogP contribution in [0.1, 0.15) is 25.0 Å². The van der Waals surface area contributed by atoms with Crippen molar-refractivity contribution in [1.29, 1.82) is 5.26 Å². The molecule has 3 rings (SSSR count). The van der Waals surface area contributed by atoms with Crippen LogP contribution in [0.3, 0.4) is 0 Å². The van der Waals surface area contributed by atoms with Gasteiger partial charge >= 0.3 is 0 Å². The van der Waals surface area contributed by atoms with E-state index < -0.39 is 5.60 Å². The van der Waals surface area contributed by atoms with E-state index in [-0.39, 0.29) is 11.7 Å². The molecule has 23 heavy (non-hydrogen) atoms. The number of carbonyl (C=O) groups excluding carboxylic acids is 1. The van der Waals surface area contributed by atoms with Gasteiger partial charge in [-0.2, -0.15) is 5.26 Å². The third-order valence-electron chi connectivity index (χ3n) is 3.78. The van der Waals surface area contributed by atoms with Crippen LogP contribution in [-0.4, -0.2) is 16.6 Å². The largest absolute Gasteiger partial charge is 0.508 e. The molecule has 2 aromatic rings. The number of hydrogen-bond donors (Lipinski definition) is 1. The summed E-state index contributed by atoms with van der Waals surface area (Å²) in [6.45, 7) is 3.78. The fourth-order valence-corrected chi connectivity index (χ4v) is 2.58. The molecule has 0 bridgehead atoms. The van der Waals surface area contributed by atoms with Gasteiger partial charge in [0, 0.05) is 6.07 Å². The van der Waals surface area contributed by atoms with Crippen LogP contribution in [0.5, 0.6) is 11.5 Å². The third kappa shape index (κ3) is 2.71. The van der Waals surface area contributed by atoms with Crippen molar-refractivity contribution in [1.82, 2.24) is 0 Å². The molecule has 0 saturated heterocycles. The van der Waals surface area contributed by atoms with E-state index >= 15 is 0 Å². The number of ether oxygens (including phenoxy) is 1. The lowest BCUT2D eigenvalue weighted by molar-refractivity contribution is -0.132. The van der Waals surface area contributed by atoms with E-state index in [1.54, 1.807) is 36.9 Å². The highest BCUT2D eigenvalue weighted by molar-refractivity contribution is 6.02. The fraction of sp³-hybridized carbons (Fsp3) is 0.222. The zero-order valence-corrected chi connectivity index (χ0v) is 12.9. The first-order chi connectivity index (χ1) is 10.9. The average molecular weight is 308 g/mol. The number of anilines is 1. The second kappa shape index (κ2) is 5.33. The van der Waals surface area contributed by atoms with Crippen LogP contribution in [0, 0.1) is 11.3 Å². The number of amides is 1.